The summed E-state index contributed by atoms with van der Waals surface area (Å²) in [6, 6.07) is 53.7. The number of fused-ring (bicyclic) bond motifs is 9. The molecule has 0 aliphatic heterocycles. The van der Waals surface area contributed by atoms with Crippen LogP contribution in [0.3, 0.4) is 0 Å². The molecule has 0 saturated heterocycles. The molecule has 0 spiro atoms. The van der Waals surface area contributed by atoms with Crippen molar-refractivity contribution in [2.45, 2.75) is 0 Å². The van der Waals surface area contributed by atoms with Gasteiger partial charge in [0.2, 0.25) is 0 Å². The second-order valence-electron chi connectivity index (χ2n) is 11.8. The quantitative estimate of drug-likeness (QED) is 0.210. The third-order valence-electron chi connectivity index (χ3n) is 9.20. The Morgan fingerprint density at radius 1 is 0.311 bits per heavy atom. The third-order valence-corrected chi connectivity index (χ3v) is 9.20. The van der Waals surface area contributed by atoms with Gasteiger partial charge in [-0.25, -0.2) is 0 Å². The molecule has 0 aliphatic rings. The number of benzene rings is 7. The number of aromatic nitrogens is 1. The first kappa shape index (κ1) is 24.4. The largest absolute Gasteiger partial charge is 0.456 e. The van der Waals surface area contributed by atoms with Gasteiger partial charge in [-0.05, 0) is 89.0 Å². The summed E-state index contributed by atoms with van der Waals surface area (Å²) in [5.74, 6) is 0. The molecule has 7 aromatic carbocycles. The zero-order chi connectivity index (χ0) is 29.5. The fourth-order valence-corrected chi connectivity index (χ4v) is 7.05. The molecule has 0 radical (unpaired) electrons. The fraction of sp³-hybridized carbons (Fsp3) is 0. The predicted octanol–water partition coefficient (Wildman–Crippen LogP) is 11.9. The zero-order valence-corrected chi connectivity index (χ0v) is 24.2. The van der Waals surface area contributed by atoms with Crippen molar-refractivity contribution < 1.29 is 8.83 Å². The second kappa shape index (κ2) is 9.22. The lowest BCUT2D eigenvalue weighted by Crippen LogP contribution is -1.93. The average Bonchev–Trinajstić information content (AvgIpc) is 3.77. The maximum atomic E-state index is 6.34. The minimum Gasteiger partial charge on any atom is -0.456 e. The Kier molecular flexibility index (Phi) is 5.00. The standard InChI is InChI=1S/C42H25NO2/c1-2-8-26(9-3-1)27-14-18-39-33(22-27)34-23-28(15-19-40(34)44-39)29-16-20-41-35(24-29)36-25-30(17-21-42(36)45-41)43-37-12-6-4-10-31(37)32-11-5-7-13-38(32)43/h1-25H. The summed E-state index contributed by atoms with van der Waals surface area (Å²) in [5.41, 5.74) is 11.7. The lowest BCUT2D eigenvalue weighted by molar-refractivity contribution is 0.668. The van der Waals surface area contributed by atoms with Crippen LogP contribution >= 0.6 is 0 Å². The highest BCUT2D eigenvalue weighted by Gasteiger charge is 2.15. The van der Waals surface area contributed by atoms with Gasteiger partial charge >= 0.3 is 0 Å². The SMILES string of the molecule is c1ccc(-c2ccc3oc4ccc(-c5ccc6oc7ccc(-n8c9ccccc9c9ccccc98)cc7c6c5)cc4c3c2)cc1. The first-order valence-electron chi connectivity index (χ1n) is 15.3. The maximum absolute atomic E-state index is 6.34. The van der Waals surface area contributed by atoms with Gasteiger partial charge < -0.3 is 13.4 Å². The zero-order valence-electron chi connectivity index (χ0n) is 24.2. The van der Waals surface area contributed by atoms with Crippen LogP contribution < -0.4 is 0 Å². The van der Waals surface area contributed by atoms with Crippen LogP contribution in [0, 0.1) is 0 Å². The summed E-state index contributed by atoms with van der Waals surface area (Å²) >= 11 is 0. The Bertz CT molecular complexity index is 2710. The van der Waals surface area contributed by atoms with Crippen LogP contribution in [0.5, 0.6) is 0 Å². The highest BCUT2D eigenvalue weighted by Crippen LogP contribution is 2.39. The van der Waals surface area contributed by atoms with E-state index in [0.717, 1.165) is 60.7 Å². The number of rotatable bonds is 3. The van der Waals surface area contributed by atoms with Crippen molar-refractivity contribution in [2.24, 2.45) is 0 Å². The summed E-state index contributed by atoms with van der Waals surface area (Å²) in [7, 11) is 0. The Morgan fingerprint density at radius 3 is 1.27 bits per heavy atom. The van der Waals surface area contributed by atoms with E-state index in [0.29, 0.717) is 0 Å². The summed E-state index contributed by atoms with van der Waals surface area (Å²) in [4.78, 5) is 0. The molecule has 3 heterocycles. The van der Waals surface area contributed by atoms with Crippen molar-refractivity contribution in [3.05, 3.63) is 152 Å². The summed E-state index contributed by atoms with van der Waals surface area (Å²) < 4.78 is 14.9. The van der Waals surface area contributed by atoms with Gasteiger partial charge in [-0.2, -0.15) is 0 Å². The first-order valence-corrected chi connectivity index (χ1v) is 15.3. The molecule has 0 N–H and O–H groups in total. The molecule has 10 aromatic rings. The topological polar surface area (TPSA) is 31.2 Å². The fourth-order valence-electron chi connectivity index (χ4n) is 7.05. The van der Waals surface area contributed by atoms with Gasteiger partial charge in [-0.15, -0.1) is 0 Å². The molecule has 45 heavy (non-hydrogen) atoms. The monoisotopic (exact) mass is 575 g/mol. The molecule has 0 unspecified atom stereocenters. The lowest BCUT2D eigenvalue weighted by Gasteiger charge is -2.08. The normalized spacial score (nSPS) is 12.0. The third kappa shape index (κ3) is 3.65. The molecule has 10 rings (SSSR count). The summed E-state index contributed by atoms with van der Waals surface area (Å²) in [6.45, 7) is 0. The van der Waals surface area contributed by atoms with Crippen molar-refractivity contribution in [3.8, 4) is 27.9 Å². The van der Waals surface area contributed by atoms with E-state index in [1.54, 1.807) is 0 Å². The average molecular weight is 576 g/mol. The predicted molar refractivity (Wildman–Crippen MR) is 186 cm³/mol. The van der Waals surface area contributed by atoms with Crippen LogP contribution in [0.4, 0.5) is 0 Å². The van der Waals surface area contributed by atoms with E-state index < -0.39 is 0 Å². The molecular formula is C42H25NO2. The molecule has 0 aliphatic carbocycles. The van der Waals surface area contributed by atoms with E-state index in [1.807, 2.05) is 6.07 Å². The molecular weight excluding hydrogens is 550 g/mol. The molecule has 0 bridgehead atoms. The molecule has 0 amide bonds. The lowest BCUT2D eigenvalue weighted by atomic mass is 9.99. The van der Waals surface area contributed by atoms with Gasteiger partial charge in [0.1, 0.15) is 22.3 Å². The maximum Gasteiger partial charge on any atom is 0.135 e. The van der Waals surface area contributed by atoms with Crippen molar-refractivity contribution in [1.82, 2.24) is 4.57 Å². The number of nitrogens with zero attached hydrogens (tertiary/aromatic N) is 1. The minimum atomic E-state index is 0.885. The van der Waals surface area contributed by atoms with E-state index in [9.17, 15) is 0 Å². The van der Waals surface area contributed by atoms with E-state index in [2.05, 4.69) is 150 Å². The highest BCUT2D eigenvalue weighted by molar-refractivity contribution is 6.12. The van der Waals surface area contributed by atoms with Crippen LogP contribution in [0.2, 0.25) is 0 Å². The number of hydrogen-bond donors (Lipinski definition) is 0. The van der Waals surface area contributed by atoms with Crippen LogP contribution in [-0.4, -0.2) is 4.57 Å². The minimum absolute atomic E-state index is 0.885. The Hall–Kier alpha value is -6.06. The van der Waals surface area contributed by atoms with Crippen LogP contribution in [0.1, 0.15) is 0 Å². The molecule has 3 nitrogen and oxygen atoms in total. The molecule has 0 saturated carbocycles. The summed E-state index contributed by atoms with van der Waals surface area (Å²) in [5, 5.41) is 6.96. The van der Waals surface area contributed by atoms with Gasteiger partial charge in [0.25, 0.3) is 0 Å². The van der Waals surface area contributed by atoms with Crippen LogP contribution in [-0.2, 0) is 0 Å². The molecule has 0 fully saturated rings. The second-order valence-corrected chi connectivity index (χ2v) is 11.8. The van der Waals surface area contributed by atoms with Crippen molar-refractivity contribution in [2.75, 3.05) is 0 Å². The Labute approximate surface area is 258 Å². The summed E-state index contributed by atoms with van der Waals surface area (Å²) in [6.07, 6.45) is 0. The number of furan rings is 2. The molecule has 3 heteroatoms. The van der Waals surface area contributed by atoms with Crippen molar-refractivity contribution >= 4 is 65.7 Å². The van der Waals surface area contributed by atoms with Crippen molar-refractivity contribution in [3.63, 3.8) is 0 Å². The Balaban J connectivity index is 1.14. The van der Waals surface area contributed by atoms with E-state index in [-0.39, 0.29) is 0 Å². The number of hydrogen-bond acceptors (Lipinski definition) is 2. The van der Waals surface area contributed by atoms with Crippen molar-refractivity contribution in [1.29, 1.82) is 0 Å². The van der Waals surface area contributed by atoms with E-state index in [4.69, 9.17) is 8.83 Å². The number of para-hydroxylation sites is 2. The Morgan fingerprint density at radius 2 is 0.733 bits per heavy atom. The van der Waals surface area contributed by atoms with Crippen LogP contribution in [0.25, 0.3) is 93.6 Å². The van der Waals surface area contributed by atoms with Crippen LogP contribution in [0.15, 0.2) is 160 Å². The van der Waals surface area contributed by atoms with Gasteiger partial charge in [0.15, 0.2) is 0 Å². The first-order chi connectivity index (χ1) is 22.3. The molecule has 3 aromatic heterocycles. The van der Waals surface area contributed by atoms with Gasteiger partial charge in [0, 0.05) is 38.0 Å². The smallest absolute Gasteiger partial charge is 0.135 e. The highest BCUT2D eigenvalue weighted by atomic mass is 16.3. The van der Waals surface area contributed by atoms with Gasteiger partial charge in [-0.3, -0.25) is 0 Å². The molecule has 0 atom stereocenters. The van der Waals surface area contributed by atoms with Gasteiger partial charge in [-0.1, -0.05) is 84.9 Å². The molecule has 210 valence electrons. The van der Waals surface area contributed by atoms with E-state index in [1.165, 1.54) is 32.9 Å². The van der Waals surface area contributed by atoms with Gasteiger partial charge in [0.05, 0.1) is 11.0 Å². The van der Waals surface area contributed by atoms with E-state index >= 15 is 0 Å².